The molecule has 7 heteroatoms. The van der Waals surface area contributed by atoms with E-state index in [0.29, 0.717) is 16.5 Å². The van der Waals surface area contributed by atoms with Crippen molar-refractivity contribution >= 4 is 35.3 Å². The van der Waals surface area contributed by atoms with Crippen LogP contribution in [0.4, 0.5) is 4.39 Å². The molecule has 1 aromatic carbocycles. The van der Waals surface area contributed by atoms with Gasteiger partial charge in [0.2, 0.25) is 0 Å². The summed E-state index contributed by atoms with van der Waals surface area (Å²) in [7, 11) is -0.752. The Hall–Kier alpha value is -1.05. The standard InChI is InChI=1S/C12H14BFN2O2S/c1-11(2)12(3,4)18-13(17-11)9-7(14)5-6-8-10(9)16-19-15-8/h5-6H,1-4H3. The molecule has 2 heterocycles. The summed E-state index contributed by atoms with van der Waals surface area (Å²) in [4.78, 5) is 0. The van der Waals surface area contributed by atoms with Gasteiger partial charge in [0.25, 0.3) is 0 Å². The zero-order chi connectivity index (χ0) is 13.8. The summed E-state index contributed by atoms with van der Waals surface area (Å²) in [6.45, 7) is 7.74. The van der Waals surface area contributed by atoms with Crippen LogP contribution in [0.2, 0.25) is 0 Å². The first-order valence-electron chi connectivity index (χ1n) is 6.08. The van der Waals surface area contributed by atoms with Crippen molar-refractivity contribution in [3.05, 3.63) is 17.9 Å². The Bertz CT molecular complexity index is 628. The van der Waals surface area contributed by atoms with E-state index in [1.165, 1.54) is 6.07 Å². The van der Waals surface area contributed by atoms with Crippen molar-refractivity contribution in [2.24, 2.45) is 0 Å². The van der Waals surface area contributed by atoms with Gasteiger partial charge in [0.15, 0.2) is 0 Å². The number of benzene rings is 1. The van der Waals surface area contributed by atoms with Gasteiger partial charge in [-0.1, -0.05) is 0 Å². The molecule has 1 fully saturated rings. The number of aromatic nitrogens is 2. The Morgan fingerprint density at radius 3 is 2.37 bits per heavy atom. The summed E-state index contributed by atoms with van der Waals surface area (Å²) < 4.78 is 34.2. The van der Waals surface area contributed by atoms with Gasteiger partial charge in [0.05, 0.1) is 22.9 Å². The van der Waals surface area contributed by atoms with Crippen LogP contribution in [-0.2, 0) is 9.31 Å². The lowest BCUT2D eigenvalue weighted by molar-refractivity contribution is 0.00578. The van der Waals surface area contributed by atoms with E-state index in [9.17, 15) is 4.39 Å². The molecule has 0 aliphatic carbocycles. The van der Waals surface area contributed by atoms with E-state index in [2.05, 4.69) is 8.75 Å². The molecule has 3 rings (SSSR count). The van der Waals surface area contributed by atoms with E-state index >= 15 is 0 Å². The third-order valence-corrected chi connectivity index (χ3v) is 4.45. The molecule has 0 N–H and O–H groups in total. The predicted octanol–water partition coefficient (Wildman–Crippen LogP) is 2.13. The quantitative estimate of drug-likeness (QED) is 0.751. The summed E-state index contributed by atoms with van der Waals surface area (Å²) in [5.41, 5.74) is 0.510. The normalized spacial score (nSPS) is 21.2. The van der Waals surface area contributed by atoms with Crippen molar-refractivity contribution in [2.45, 2.75) is 38.9 Å². The van der Waals surface area contributed by atoms with Crippen molar-refractivity contribution in [2.75, 3.05) is 0 Å². The van der Waals surface area contributed by atoms with Gasteiger partial charge >= 0.3 is 7.12 Å². The molecule has 0 unspecified atom stereocenters. The Morgan fingerprint density at radius 2 is 1.74 bits per heavy atom. The Labute approximate surface area is 115 Å². The largest absolute Gasteiger partial charge is 0.500 e. The zero-order valence-corrected chi connectivity index (χ0v) is 12.0. The van der Waals surface area contributed by atoms with Gasteiger partial charge in [-0.3, -0.25) is 0 Å². The smallest absolute Gasteiger partial charge is 0.399 e. The third-order valence-electron chi connectivity index (χ3n) is 3.90. The second kappa shape index (κ2) is 3.97. The number of halogens is 1. The topological polar surface area (TPSA) is 44.2 Å². The molecule has 1 saturated heterocycles. The fourth-order valence-corrected chi connectivity index (χ4v) is 2.58. The number of hydrogen-bond donors (Lipinski definition) is 0. The summed E-state index contributed by atoms with van der Waals surface area (Å²) in [6.07, 6.45) is 0. The van der Waals surface area contributed by atoms with Crippen molar-refractivity contribution in [1.82, 2.24) is 8.75 Å². The first-order valence-corrected chi connectivity index (χ1v) is 6.81. The maximum absolute atomic E-state index is 14.1. The van der Waals surface area contributed by atoms with Crippen molar-refractivity contribution in [3.63, 3.8) is 0 Å². The highest BCUT2D eigenvalue weighted by molar-refractivity contribution is 7.00. The molecule has 0 bridgehead atoms. The van der Waals surface area contributed by atoms with E-state index in [4.69, 9.17) is 9.31 Å². The molecule has 1 aromatic heterocycles. The van der Waals surface area contributed by atoms with Gasteiger partial charge < -0.3 is 9.31 Å². The first-order chi connectivity index (χ1) is 8.82. The number of fused-ring (bicyclic) bond motifs is 1. The molecule has 4 nitrogen and oxygen atoms in total. The maximum atomic E-state index is 14.1. The molecule has 0 spiro atoms. The summed E-state index contributed by atoms with van der Waals surface area (Å²) in [5.74, 6) is -0.376. The molecule has 0 radical (unpaired) electrons. The van der Waals surface area contributed by atoms with Crippen molar-refractivity contribution in [1.29, 1.82) is 0 Å². The van der Waals surface area contributed by atoms with Gasteiger partial charge in [-0.2, -0.15) is 8.75 Å². The second-order valence-electron chi connectivity index (χ2n) is 5.68. The highest BCUT2D eigenvalue weighted by atomic mass is 32.1. The molecule has 2 aromatic rings. The molecule has 19 heavy (non-hydrogen) atoms. The van der Waals surface area contributed by atoms with Crippen LogP contribution in [0.5, 0.6) is 0 Å². The van der Waals surface area contributed by atoms with E-state index in [-0.39, 0.29) is 5.82 Å². The van der Waals surface area contributed by atoms with Crippen LogP contribution < -0.4 is 5.46 Å². The lowest BCUT2D eigenvalue weighted by Gasteiger charge is -2.32. The van der Waals surface area contributed by atoms with Gasteiger partial charge in [-0.05, 0) is 39.8 Å². The van der Waals surface area contributed by atoms with E-state index in [1.807, 2.05) is 27.7 Å². The first kappa shape index (κ1) is 13.0. The fourth-order valence-electron chi connectivity index (χ4n) is 2.03. The van der Waals surface area contributed by atoms with Gasteiger partial charge in [-0.25, -0.2) is 4.39 Å². The number of nitrogens with zero attached hydrogens (tertiary/aromatic N) is 2. The van der Waals surface area contributed by atoms with E-state index in [1.54, 1.807) is 6.07 Å². The Balaban J connectivity index is 2.12. The SMILES string of the molecule is CC1(C)OB(c2c(F)ccc3nsnc23)OC1(C)C. The van der Waals surface area contributed by atoms with E-state index < -0.39 is 18.3 Å². The lowest BCUT2D eigenvalue weighted by Crippen LogP contribution is -2.41. The van der Waals surface area contributed by atoms with E-state index in [0.717, 1.165) is 11.7 Å². The minimum atomic E-state index is -0.752. The van der Waals surface area contributed by atoms with Crippen LogP contribution in [0.25, 0.3) is 11.0 Å². The predicted molar refractivity (Wildman–Crippen MR) is 73.1 cm³/mol. The van der Waals surface area contributed by atoms with Crippen LogP contribution in [-0.4, -0.2) is 27.1 Å². The van der Waals surface area contributed by atoms with Crippen LogP contribution in [0.15, 0.2) is 12.1 Å². The molecule has 1 aliphatic rings. The average Bonchev–Trinajstić information content (AvgIpc) is 2.81. The number of hydrogen-bond acceptors (Lipinski definition) is 5. The monoisotopic (exact) mass is 280 g/mol. The third kappa shape index (κ3) is 1.88. The minimum absolute atomic E-state index is 0.338. The summed E-state index contributed by atoms with van der Waals surface area (Å²) in [5, 5.41) is 0. The van der Waals surface area contributed by atoms with Gasteiger partial charge in [0.1, 0.15) is 16.9 Å². The molecular weight excluding hydrogens is 266 g/mol. The Kier molecular flexibility index (Phi) is 2.71. The minimum Gasteiger partial charge on any atom is -0.399 e. The average molecular weight is 280 g/mol. The molecule has 1 aliphatic heterocycles. The van der Waals surface area contributed by atoms with Gasteiger partial charge in [-0.15, -0.1) is 0 Å². The summed E-state index contributed by atoms with van der Waals surface area (Å²) in [6, 6.07) is 2.99. The maximum Gasteiger partial charge on any atom is 0.500 e. The van der Waals surface area contributed by atoms with Crippen LogP contribution >= 0.6 is 11.7 Å². The zero-order valence-electron chi connectivity index (χ0n) is 11.2. The van der Waals surface area contributed by atoms with Crippen LogP contribution in [0.1, 0.15) is 27.7 Å². The highest BCUT2D eigenvalue weighted by Gasteiger charge is 2.53. The molecule has 100 valence electrons. The molecule has 0 atom stereocenters. The second-order valence-corrected chi connectivity index (χ2v) is 6.21. The molecular formula is C12H14BFN2O2S. The fraction of sp³-hybridized carbons (Fsp3) is 0.500. The summed E-state index contributed by atoms with van der Waals surface area (Å²) >= 11 is 1.06. The van der Waals surface area contributed by atoms with Crippen LogP contribution in [0, 0.1) is 5.82 Å². The highest BCUT2D eigenvalue weighted by Crippen LogP contribution is 2.37. The van der Waals surface area contributed by atoms with Crippen molar-refractivity contribution in [3.8, 4) is 0 Å². The number of rotatable bonds is 1. The molecule has 0 saturated carbocycles. The lowest BCUT2D eigenvalue weighted by atomic mass is 9.77. The van der Waals surface area contributed by atoms with Gasteiger partial charge in [0, 0.05) is 5.46 Å². The van der Waals surface area contributed by atoms with Crippen LogP contribution in [0.3, 0.4) is 0 Å². The Morgan fingerprint density at radius 1 is 1.11 bits per heavy atom. The van der Waals surface area contributed by atoms with Crippen molar-refractivity contribution < 1.29 is 13.7 Å². The molecule has 0 amide bonds.